The predicted molar refractivity (Wildman–Crippen MR) is 87.9 cm³/mol. The van der Waals surface area contributed by atoms with E-state index in [9.17, 15) is 5.11 Å². The van der Waals surface area contributed by atoms with Crippen molar-refractivity contribution in [3.8, 4) is 0 Å². The van der Waals surface area contributed by atoms with Gasteiger partial charge in [-0.05, 0) is 30.1 Å². The standard InChI is InChI=1S/C17H25NOS/c1-16(2)9-14(19)10-17(3,11-16)12-18-15(20)13-7-5-4-6-8-13/h4-8,14,19H,9-12H2,1-3H3,(H,18,20)/t14-,17+/m1/s1. The molecule has 1 aliphatic carbocycles. The second-order valence-electron chi connectivity index (χ2n) is 7.26. The van der Waals surface area contributed by atoms with Crippen molar-refractivity contribution in [3.63, 3.8) is 0 Å². The summed E-state index contributed by atoms with van der Waals surface area (Å²) in [6.45, 7) is 7.55. The van der Waals surface area contributed by atoms with E-state index < -0.39 is 0 Å². The molecule has 1 saturated carbocycles. The van der Waals surface area contributed by atoms with Gasteiger partial charge in [0.2, 0.25) is 0 Å². The van der Waals surface area contributed by atoms with E-state index in [1.807, 2.05) is 30.3 Å². The fourth-order valence-electron chi connectivity index (χ4n) is 3.70. The van der Waals surface area contributed by atoms with Gasteiger partial charge in [-0.1, -0.05) is 63.3 Å². The largest absolute Gasteiger partial charge is 0.393 e. The molecule has 1 aromatic carbocycles. The Kier molecular flexibility index (Phi) is 4.50. The Morgan fingerprint density at radius 1 is 1.25 bits per heavy atom. The van der Waals surface area contributed by atoms with E-state index in [-0.39, 0.29) is 16.9 Å². The van der Waals surface area contributed by atoms with Crippen LogP contribution in [0, 0.1) is 10.8 Å². The lowest BCUT2D eigenvalue weighted by atomic mass is 9.63. The first-order valence-corrected chi connectivity index (χ1v) is 7.72. The van der Waals surface area contributed by atoms with Crippen LogP contribution in [0.4, 0.5) is 0 Å². The van der Waals surface area contributed by atoms with E-state index in [0.717, 1.165) is 36.4 Å². The SMILES string of the molecule is CC1(C)C[C@@H](O)C[C@](C)(CNC(=S)c2ccccc2)C1. The second-order valence-corrected chi connectivity index (χ2v) is 7.67. The fourth-order valence-corrected chi connectivity index (χ4v) is 3.91. The van der Waals surface area contributed by atoms with Gasteiger partial charge in [-0.2, -0.15) is 0 Å². The average Bonchev–Trinajstić information content (AvgIpc) is 2.34. The molecule has 0 spiro atoms. The van der Waals surface area contributed by atoms with Gasteiger partial charge in [0.1, 0.15) is 4.99 Å². The van der Waals surface area contributed by atoms with Crippen molar-refractivity contribution in [1.82, 2.24) is 5.32 Å². The number of rotatable bonds is 3. The number of aliphatic hydroxyl groups is 1. The maximum atomic E-state index is 10.1. The lowest BCUT2D eigenvalue weighted by Gasteiger charge is -2.45. The Morgan fingerprint density at radius 2 is 1.90 bits per heavy atom. The van der Waals surface area contributed by atoms with Gasteiger partial charge in [0.05, 0.1) is 6.10 Å². The van der Waals surface area contributed by atoms with Gasteiger partial charge in [0.25, 0.3) is 0 Å². The Balaban J connectivity index is 1.97. The van der Waals surface area contributed by atoms with Crippen LogP contribution in [-0.4, -0.2) is 22.7 Å². The molecule has 2 N–H and O–H groups in total. The molecule has 0 saturated heterocycles. The van der Waals surface area contributed by atoms with Gasteiger partial charge in [0.15, 0.2) is 0 Å². The summed E-state index contributed by atoms with van der Waals surface area (Å²) in [7, 11) is 0. The topological polar surface area (TPSA) is 32.3 Å². The first kappa shape index (κ1) is 15.5. The maximum absolute atomic E-state index is 10.1. The molecule has 2 atom stereocenters. The first-order chi connectivity index (χ1) is 9.30. The summed E-state index contributed by atoms with van der Waals surface area (Å²) in [5.74, 6) is 0. The van der Waals surface area contributed by atoms with Crippen LogP contribution < -0.4 is 5.32 Å². The minimum absolute atomic E-state index is 0.0972. The van der Waals surface area contributed by atoms with Gasteiger partial charge in [0, 0.05) is 12.1 Å². The molecule has 1 fully saturated rings. The Hall–Kier alpha value is -0.930. The highest BCUT2D eigenvalue weighted by Crippen LogP contribution is 2.45. The molecule has 0 aromatic heterocycles. The number of nitrogens with one attached hydrogen (secondary N) is 1. The maximum Gasteiger partial charge on any atom is 0.106 e. The second kappa shape index (κ2) is 5.82. The van der Waals surface area contributed by atoms with Crippen LogP contribution in [-0.2, 0) is 0 Å². The van der Waals surface area contributed by atoms with Crippen LogP contribution >= 0.6 is 12.2 Å². The molecule has 2 nitrogen and oxygen atoms in total. The number of benzene rings is 1. The van der Waals surface area contributed by atoms with Gasteiger partial charge >= 0.3 is 0 Å². The minimum Gasteiger partial charge on any atom is -0.393 e. The number of thiocarbonyl (C=S) groups is 1. The summed E-state index contributed by atoms with van der Waals surface area (Å²) in [5.41, 5.74) is 1.35. The van der Waals surface area contributed by atoms with Crippen molar-refractivity contribution >= 4 is 17.2 Å². The minimum atomic E-state index is -0.198. The monoisotopic (exact) mass is 291 g/mol. The summed E-state index contributed by atoms with van der Waals surface area (Å²) in [4.78, 5) is 0.796. The van der Waals surface area contributed by atoms with Crippen LogP contribution in [0.5, 0.6) is 0 Å². The van der Waals surface area contributed by atoms with E-state index >= 15 is 0 Å². The van der Waals surface area contributed by atoms with E-state index in [4.69, 9.17) is 12.2 Å². The van der Waals surface area contributed by atoms with Crippen LogP contribution in [0.2, 0.25) is 0 Å². The Bertz CT molecular complexity index is 471. The van der Waals surface area contributed by atoms with E-state index in [1.165, 1.54) is 0 Å². The molecule has 1 aliphatic rings. The molecule has 0 heterocycles. The van der Waals surface area contributed by atoms with Gasteiger partial charge in [-0.25, -0.2) is 0 Å². The van der Waals surface area contributed by atoms with Gasteiger partial charge < -0.3 is 10.4 Å². The van der Waals surface area contributed by atoms with Crippen molar-refractivity contribution in [2.45, 2.75) is 46.1 Å². The van der Waals surface area contributed by atoms with Crippen molar-refractivity contribution < 1.29 is 5.11 Å². The zero-order chi connectivity index (χ0) is 14.8. The summed E-state index contributed by atoms with van der Waals surface area (Å²) in [6.07, 6.45) is 2.66. The summed E-state index contributed by atoms with van der Waals surface area (Å²) in [6, 6.07) is 10.0. The molecular formula is C17H25NOS. The molecule has 3 heteroatoms. The average molecular weight is 291 g/mol. The predicted octanol–water partition coefficient (Wildman–Crippen LogP) is 3.53. The van der Waals surface area contributed by atoms with Crippen molar-refractivity contribution in [1.29, 1.82) is 0 Å². The summed E-state index contributed by atoms with van der Waals surface area (Å²) in [5, 5.41) is 13.5. The number of aliphatic hydroxyl groups excluding tert-OH is 1. The third-order valence-electron chi connectivity index (χ3n) is 4.13. The lowest BCUT2D eigenvalue weighted by Crippen LogP contribution is -2.45. The normalized spacial score (nSPS) is 28.9. The first-order valence-electron chi connectivity index (χ1n) is 7.31. The van der Waals surface area contributed by atoms with Crippen LogP contribution in [0.15, 0.2) is 30.3 Å². The molecule has 0 bridgehead atoms. The summed E-state index contributed by atoms with van der Waals surface area (Å²) >= 11 is 5.45. The zero-order valence-electron chi connectivity index (χ0n) is 12.6. The third-order valence-corrected chi connectivity index (χ3v) is 4.51. The Morgan fingerprint density at radius 3 is 2.50 bits per heavy atom. The van der Waals surface area contributed by atoms with E-state index in [2.05, 4.69) is 26.1 Å². The van der Waals surface area contributed by atoms with Crippen molar-refractivity contribution in [2.75, 3.05) is 6.54 Å². The van der Waals surface area contributed by atoms with Crippen LogP contribution in [0.3, 0.4) is 0 Å². The van der Waals surface area contributed by atoms with Gasteiger partial charge in [-0.3, -0.25) is 0 Å². The molecule has 20 heavy (non-hydrogen) atoms. The molecule has 0 radical (unpaired) electrons. The Labute approximate surface area is 127 Å². The van der Waals surface area contributed by atoms with E-state index in [1.54, 1.807) is 0 Å². The van der Waals surface area contributed by atoms with Crippen LogP contribution in [0.1, 0.15) is 45.6 Å². The molecule has 0 unspecified atom stereocenters. The smallest absolute Gasteiger partial charge is 0.106 e. The fraction of sp³-hybridized carbons (Fsp3) is 0.588. The molecular weight excluding hydrogens is 266 g/mol. The molecule has 1 aromatic rings. The third kappa shape index (κ3) is 4.03. The zero-order valence-corrected chi connectivity index (χ0v) is 13.5. The molecule has 0 aliphatic heterocycles. The lowest BCUT2D eigenvalue weighted by molar-refractivity contribution is -0.00679. The summed E-state index contributed by atoms with van der Waals surface area (Å²) < 4.78 is 0. The highest BCUT2D eigenvalue weighted by Gasteiger charge is 2.40. The molecule has 0 amide bonds. The number of hydrogen-bond donors (Lipinski definition) is 2. The molecule has 2 rings (SSSR count). The van der Waals surface area contributed by atoms with Gasteiger partial charge in [-0.15, -0.1) is 0 Å². The number of hydrogen-bond acceptors (Lipinski definition) is 2. The quantitative estimate of drug-likeness (QED) is 0.836. The van der Waals surface area contributed by atoms with Crippen molar-refractivity contribution in [2.24, 2.45) is 10.8 Å². The van der Waals surface area contributed by atoms with E-state index in [0.29, 0.717) is 0 Å². The van der Waals surface area contributed by atoms with Crippen molar-refractivity contribution in [3.05, 3.63) is 35.9 Å². The van der Waals surface area contributed by atoms with Crippen LogP contribution in [0.25, 0.3) is 0 Å². The highest BCUT2D eigenvalue weighted by atomic mass is 32.1. The highest BCUT2D eigenvalue weighted by molar-refractivity contribution is 7.80. The molecule has 110 valence electrons.